The van der Waals surface area contributed by atoms with E-state index in [9.17, 15) is 4.39 Å². The minimum atomic E-state index is -0.549. The van der Waals surface area contributed by atoms with E-state index in [0.717, 1.165) is 42.9 Å². The van der Waals surface area contributed by atoms with E-state index in [-0.39, 0.29) is 11.6 Å². The van der Waals surface area contributed by atoms with Crippen LogP contribution in [0.3, 0.4) is 0 Å². The molecule has 30 heavy (non-hydrogen) atoms. The molecule has 3 aromatic rings. The van der Waals surface area contributed by atoms with Gasteiger partial charge >= 0.3 is 0 Å². The summed E-state index contributed by atoms with van der Waals surface area (Å²) in [6, 6.07) is 16.1. The molecule has 1 unspecified atom stereocenters. The topological polar surface area (TPSA) is 88.9 Å². The average Bonchev–Trinajstić information content (AvgIpc) is 3.38. The van der Waals surface area contributed by atoms with Gasteiger partial charge in [-0.15, -0.1) is 5.10 Å². The second-order valence-corrected chi connectivity index (χ2v) is 7.65. The number of hydrogen-bond acceptors (Lipinski definition) is 5. The van der Waals surface area contributed by atoms with E-state index in [2.05, 4.69) is 5.32 Å². The van der Waals surface area contributed by atoms with Gasteiger partial charge in [0.05, 0.1) is 24.1 Å². The lowest BCUT2D eigenvalue weighted by Crippen LogP contribution is -2.17. The van der Waals surface area contributed by atoms with E-state index < -0.39 is 5.82 Å². The van der Waals surface area contributed by atoms with Gasteiger partial charge in [-0.25, -0.2) is 9.07 Å². The first kappa shape index (κ1) is 19.9. The molecule has 1 aliphatic carbocycles. The van der Waals surface area contributed by atoms with Crippen LogP contribution >= 0.6 is 0 Å². The number of nitrogens with one attached hydrogen (secondary N) is 1. The van der Waals surface area contributed by atoms with Crippen molar-refractivity contribution in [2.45, 2.75) is 25.3 Å². The number of methoxy groups -OCH3 is 1. The van der Waals surface area contributed by atoms with Gasteiger partial charge in [-0.2, -0.15) is 5.26 Å². The van der Waals surface area contributed by atoms with Gasteiger partial charge in [-0.3, -0.25) is 0 Å². The Morgan fingerprint density at radius 3 is 2.67 bits per heavy atom. The number of nitriles is 1. The number of anilines is 1. The fraction of sp³-hybridized carbons (Fsp3) is 0.304. The third-order valence-corrected chi connectivity index (χ3v) is 5.57. The molecular weight excluding hydrogens is 381 g/mol. The van der Waals surface area contributed by atoms with Gasteiger partial charge in [0.2, 0.25) is 0 Å². The molecule has 154 valence electrons. The van der Waals surface area contributed by atoms with Crippen LogP contribution in [0.4, 0.5) is 10.2 Å². The summed E-state index contributed by atoms with van der Waals surface area (Å²) < 4.78 is 21.3. The first-order valence-electron chi connectivity index (χ1n) is 10.0. The molecule has 1 saturated carbocycles. The van der Waals surface area contributed by atoms with Crippen molar-refractivity contribution in [3.8, 4) is 28.8 Å². The van der Waals surface area contributed by atoms with Crippen molar-refractivity contribution in [3.63, 3.8) is 0 Å². The smallest absolute Gasteiger partial charge is 0.149 e. The lowest BCUT2D eigenvalue weighted by Gasteiger charge is -2.10. The van der Waals surface area contributed by atoms with Gasteiger partial charge in [0, 0.05) is 24.2 Å². The fourth-order valence-electron chi connectivity index (χ4n) is 3.91. The van der Waals surface area contributed by atoms with Crippen LogP contribution in [-0.2, 0) is 0 Å². The van der Waals surface area contributed by atoms with Crippen LogP contribution in [0.5, 0.6) is 5.75 Å². The summed E-state index contributed by atoms with van der Waals surface area (Å²) in [7, 11) is 1.62. The molecule has 3 N–H and O–H groups in total. The molecule has 1 fully saturated rings. The molecule has 0 radical (unpaired) electrons. The van der Waals surface area contributed by atoms with Crippen LogP contribution in [-0.4, -0.2) is 29.5 Å². The molecule has 0 amide bonds. The maximum absolute atomic E-state index is 14.3. The Kier molecular flexibility index (Phi) is 5.68. The molecule has 1 aromatic heterocycles. The molecule has 1 heterocycles. The Labute approximate surface area is 175 Å². The Morgan fingerprint density at radius 1 is 1.23 bits per heavy atom. The fourth-order valence-corrected chi connectivity index (χ4v) is 3.91. The van der Waals surface area contributed by atoms with Crippen molar-refractivity contribution in [1.82, 2.24) is 9.78 Å². The SMILES string of the molecule is COc1ccc(-n2nc(NCC3CC[C@@H](N)C3)cc2-c2ccc(C#N)c(F)c2)cc1. The van der Waals surface area contributed by atoms with E-state index in [1.165, 1.54) is 12.1 Å². The summed E-state index contributed by atoms with van der Waals surface area (Å²) in [6.45, 7) is 0.800. The Morgan fingerprint density at radius 2 is 2.03 bits per heavy atom. The minimum Gasteiger partial charge on any atom is -0.497 e. The molecule has 4 rings (SSSR count). The van der Waals surface area contributed by atoms with Gasteiger partial charge in [0.15, 0.2) is 0 Å². The first-order valence-corrected chi connectivity index (χ1v) is 10.0. The molecule has 0 bridgehead atoms. The highest BCUT2D eigenvalue weighted by molar-refractivity contribution is 5.67. The molecule has 2 aromatic carbocycles. The molecule has 6 nitrogen and oxygen atoms in total. The highest BCUT2D eigenvalue weighted by atomic mass is 19.1. The zero-order chi connectivity index (χ0) is 21.1. The van der Waals surface area contributed by atoms with E-state index >= 15 is 0 Å². The number of nitrogens with zero attached hydrogens (tertiary/aromatic N) is 3. The minimum absolute atomic E-state index is 0.0187. The van der Waals surface area contributed by atoms with Crippen molar-refractivity contribution in [2.75, 3.05) is 19.0 Å². The number of benzene rings is 2. The van der Waals surface area contributed by atoms with Crippen LogP contribution in [0.2, 0.25) is 0 Å². The summed E-state index contributed by atoms with van der Waals surface area (Å²) in [5.74, 6) is 1.44. The second-order valence-electron chi connectivity index (χ2n) is 7.65. The first-order chi connectivity index (χ1) is 14.6. The average molecular weight is 405 g/mol. The number of hydrogen-bond donors (Lipinski definition) is 2. The Balaban J connectivity index is 1.67. The van der Waals surface area contributed by atoms with Crippen LogP contribution in [0.25, 0.3) is 16.9 Å². The van der Waals surface area contributed by atoms with Gasteiger partial charge in [0.1, 0.15) is 23.5 Å². The largest absolute Gasteiger partial charge is 0.497 e. The lowest BCUT2D eigenvalue weighted by atomic mass is 10.1. The number of aromatic nitrogens is 2. The monoisotopic (exact) mass is 405 g/mol. The van der Waals surface area contributed by atoms with Gasteiger partial charge < -0.3 is 15.8 Å². The molecule has 1 aliphatic rings. The van der Waals surface area contributed by atoms with E-state index in [4.69, 9.17) is 20.8 Å². The number of halogens is 1. The van der Waals surface area contributed by atoms with E-state index in [1.807, 2.05) is 36.4 Å². The summed E-state index contributed by atoms with van der Waals surface area (Å²) in [5, 5.41) is 17.1. The van der Waals surface area contributed by atoms with E-state index in [0.29, 0.717) is 17.3 Å². The van der Waals surface area contributed by atoms with Crippen molar-refractivity contribution in [1.29, 1.82) is 5.26 Å². The standard InChI is InChI=1S/C23H24FN5O/c1-30-20-8-6-19(7-9-20)29-22(16-3-4-17(13-25)21(24)11-16)12-23(28-29)27-14-15-2-5-18(26)10-15/h3-4,6-9,11-12,15,18H,2,5,10,14,26H2,1H3,(H,27,28)/t15?,18-/m1/s1. The van der Waals surface area contributed by atoms with Crippen molar-refractivity contribution in [2.24, 2.45) is 11.7 Å². The Bertz CT molecular complexity index is 1070. The number of nitrogens with two attached hydrogens (primary N) is 1. The normalized spacial score (nSPS) is 18.2. The molecule has 0 aliphatic heterocycles. The zero-order valence-electron chi connectivity index (χ0n) is 16.8. The third kappa shape index (κ3) is 4.14. The summed E-state index contributed by atoms with van der Waals surface area (Å²) in [4.78, 5) is 0. The van der Waals surface area contributed by atoms with Crippen LogP contribution < -0.4 is 15.8 Å². The maximum Gasteiger partial charge on any atom is 0.149 e. The van der Waals surface area contributed by atoms with E-state index in [1.54, 1.807) is 17.9 Å². The number of rotatable bonds is 6. The quantitative estimate of drug-likeness (QED) is 0.645. The van der Waals surface area contributed by atoms with Crippen molar-refractivity contribution < 1.29 is 9.13 Å². The maximum atomic E-state index is 14.3. The second kappa shape index (κ2) is 8.56. The van der Waals surface area contributed by atoms with Crippen LogP contribution in [0.15, 0.2) is 48.5 Å². The highest BCUT2D eigenvalue weighted by Crippen LogP contribution is 2.29. The van der Waals surface area contributed by atoms with Gasteiger partial charge in [0.25, 0.3) is 0 Å². The Hall–Kier alpha value is -3.37. The predicted molar refractivity (Wildman–Crippen MR) is 114 cm³/mol. The summed E-state index contributed by atoms with van der Waals surface area (Å²) in [5.41, 5.74) is 8.24. The molecule has 0 spiro atoms. The van der Waals surface area contributed by atoms with Gasteiger partial charge in [-0.1, -0.05) is 6.07 Å². The molecule has 2 atom stereocenters. The lowest BCUT2D eigenvalue weighted by molar-refractivity contribution is 0.414. The highest BCUT2D eigenvalue weighted by Gasteiger charge is 2.22. The van der Waals surface area contributed by atoms with Crippen LogP contribution in [0, 0.1) is 23.1 Å². The third-order valence-electron chi connectivity index (χ3n) is 5.57. The summed E-state index contributed by atoms with van der Waals surface area (Å²) >= 11 is 0. The van der Waals surface area contributed by atoms with Gasteiger partial charge in [-0.05, 0) is 61.6 Å². The predicted octanol–water partition coefficient (Wildman–Crippen LogP) is 4.10. The molecule has 0 saturated heterocycles. The zero-order valence-corrected chi connectivity index (χ0v) is 16.8. The van der Waals surface area contributed by atoms with Crippen molar-refractivity contribution >= 4 is 5.82 Å². The number of ether oxygens (including phenoxy) is 1. The van der Waals surface area contributed by atoms with Crippen LogP contribution in [0.1, 0.15) is 24.8 Å². The van der Waals surface area contributed by atoms with Crippen molar-refractivity contribution in [3.05, 3.63) is 59.9 Å². The molecule has 7 heteroatoms. The molecular formula is C23H24FN5O. The summed E-state index contributed by atoms with van der Waals surface area (Å²) in [6.07, 6.45) is 3.18.